The van der Waals surface area contributed by atoms with E-state index in [1.807, 2.05) is 0 Å². The van der Waals surface area contributed by atoms with Crippen LogP contribution >= 0.6 is 0 Å². The summed E-state index contributed by atoms with van der Waals surface area (Å²) in [5, 5.41) is 3.00. The number of halogens is 1. The van der Waals surface area contributed by atoms with Crippen molar-refractivity contribution in [3.63, 3.8) is 0 Å². The molecule has 1 aliphatic carbocycles. The predicted octanol–water partition coefficient (Wildman–Crippen LogP) is 2.89. The molecular weight excluding hydrogens is 337 g/mol. The van der Waals surface area contributed by atoms with Crippen LogP contribution in [0.2, 0.25) is 0 Å². The van der Waals surface area contributed by atoms with Crippen molar-refractivity contribution in [2.45, 2.75) is 50.9 Å². The van der Waals surface area contributed by atoms with Crippen LogP contribution in [0.3, 0.4) is 0 Å². The standard InChI is InChI=1S/C19H22FN3O3/c1-13(25-17-4-2-3-14(20)11-17)19(24)23-15-5-7-16(8-6-15)26-18-12-21-9-10-22-18/h2-4,9-13,15-16H,5-8H2,1H3,(H,23,24). The van der Waals surface area contributed by atoms with Crippen LogP contribution in [0.25, 0.3) is 0 Å². The van der Waals surface area contributed by atoms with Gasteiger partial charge in [-0.3, -0.25) is 9.78 Å². The largest absolute Gasteiger partial charge is 0.481 e. The maximum atomic E-state index is 13.2. The number of ether oxygens (including phenoxy) is 2. The van der Waals surface area contributed by atoms with Crippen LogP contribution in [0.15, 0.2) is 42.9 Å². The van der Waals surface area contributed by atoms with Gasteiger partial charge in [-0.1, -0.05) is 6.07 Å². The first-order valence-corrected chi connectivity index (χ1v) is 8.75. The van der Waals surface area contributed by atoms with Crippen LogP contribution in [0, 0.1) is 5.82 Å². The molecule has 26 heavy (non-hydrogen) atoms. The predicted molar refractivity (Wildman–Crippen MR) is 93.3 cm³/mol. The number of benzene rings is 1. The zero-order chi connectivity index (χ0) is 18.4. The third-order valence-electron chi connectivity index (χ3n) is 4.33. The van der Waals surface area contributed by atoms with Crippen LogP contribution in [-0.4, -0.2) is 34.1 Å². The Bertz CT molecular complexity index is 721. The van der Waals surface area contributed by atoms with Gasteiger partial charge in [0.05, 0.1) is 6.20 Å². The van der Waals surface area contributed by atoms with Crippen LogP contribution in [0.5, 0.6) is 11.6 Å². The molecule has 6 nitrogen and oxygen atoms in total. The Morgan fingerprint density at radius 2 is 2.08 bits per heavy atom. The molecule has 1 saturated carbocycles. The minimum absolute atomic E-state index is 0.0841. The molecule has 0 bridgehead atoms. The summed E-state index contributed by atoms with van der Waals surface area (Å²) in [4.78, 5) is 20.4. The third-order valence-corrected chi connectivity index (χ3v) is 4.33. The second-order valence-corrected chi connectivity index (χ2v) is 6.36. The van der Waals surface area contributed by atoms with Crippen molar-refractivity contribution in [2.75, 3.05) is 0 Å². The summed E-state index contributed by atoms with van der Waals surface area (Å²) in [6.07, 6.45) is 7.51. The van der Waals surface area contributed by atoms with Gasteiger partial charge in [0.2, 0.25) is 5.88 Å². The molecule has 0 spiro atoms. The van der Waals surface area contributed by atoms with E-state index in [0.717, 1.165) is 25.7 Å². The lowest BCUT2D eigenvalue weighted by Gasteiger charge is -2.29. The van der Waals surface area contributed by atoms with Crippen molar-refractivity contribution in [1.82, 2.24) is 15.3 Å². The minimum Gasteiger partial charge on any atom is -0.481 e. The van der Waals surface area contributed by atoms with Crippen molar-refractivity contribution in [3.05, 3.63) is 48.7 Å². The number of amides is 1. The Labute approximate surface area is 151 Å². The normalized spacial score (nSPS) is 20.8. The Balaban J connectivity index is 1.42. The molecule has 1 aromatic heterocycles. The van der Waals surface area contributed by atoms with E-state index in [2.05, 4.69) is 15.3 Å². The smallest absolute Gasteiger partial charge is 0.260 e. The third kappa shape index (κ3) is 5.15. The number of rotatable bonds is 6. The highest BCUT2D eigenvalue weighted by Gasteiger charge is 2.26. The van der Waals surface area contributed by atoms with E-state index in [1.54, 1.807) is 37.6 Å². The monoisotopic (exact) mass is 359 g/mol. The van der Waals surface area contributed by atoms with E-state index in [9.17, 15) is 9.18 Å². The van der Waals surface area contributed by atoms with Gasteiger partial charge >= 0.3 is 0 Å². The second kappa shape index (κ2) is 8.60. The van der Waals surface area contributed by atoms with Crippen molar-refractivity contribution < 1.29 is 18.7 Å². The molecule has 138 valence electrons. The van der Waals surface area contributed by atoms with Crippen molar-refractivity contribution in [1.29, 1.82) is 0 Å². The zero-order valence-electron chi connectivity index (χ0n) is 14.6. The van der Waals surface area contributed by atoms with Crippen molar-refractivity contribution in [2.24, 2.45) is 0 Å². The lowest BCUT2D eigenvalue weighted by Crippen LogP contribution is -2.45. The SMILES string of the molecule is CC(Oc1cccc(F)c1)C(=O)NC1CCC(Oc2cnccn2)CC1. The first kappa shape index (κ1) is 18.1. The Kier molecular flexibility index (Phi) is 5.99. The molecule has 7 heteroatoms. The van der Waals surface area contributed by atoms with E-state index in [0.29, 0.717) is 11.6 Å². The van der Waals surface area contributed by atoms with Gasteiger partial charge in [-0.25, -0.2) is 9.37 Å². The highest BCUT2D eigenvalue weighted by atomic mass is 19.1. The van der Waals surface area contributed by atoms with Crippen LogP contribution in [0.4, 0.5) is 4.39 Å². The van der Waals surface area contributed by atoms with Gasteiger partial charge in [0.15, 0.2) is 6.10 Å². The molecule has 0 radical (unpaired) electrons. The number of hydrogen-bond donors (Lipinski definition) is 1. The summed E-state index contributed by atoms with van der Waals surface area (Å²) in [6.45, 7) is 1.66. The molecule has 1 atom stereocenters. The number of hydrogen-bond acceptors (Lipinski definition) is 5. The molecule has 1 amide bonds. The second-order valence-electron chi connectivity index (χ2n) is 6.36. The minimum atomic E-state index is -0.689. The maximum Gasteiger partial charge on any atom is 0.260 e. The number of nitrogens with zero attached hydrogens (tertiary/aromatic N) is 2. The topological polar surface area (TPSA) is 73.3 Å². The van der Waals surface area contributed by atoms with Crippen LogP contribution in [-0.2, 0) is 4.79 Å². The number of carbonyl (C=O) groups is 1. The molecule has 3 rings (SSSR count). The Morgan fingerprint density at radius 3 is 2.77 bits per heavy atom. The average Bonchev–Trinajstić information content (AvgIpc) is 2.64. The molecule has 1 aromatic carbocycles. The van der Waals surface area contributed by atoms with Gasteiger partial charge in [-0.05, 0) is 44.7 Å². The molecule has 1 fully saturated rings. The fraction of sp³-hybridized carbons (Fsp3) is 0.421. The lowest BCUT2D eigenvalue weighted by molar-refractivity contribution is -0.128. The van der Waals surface area contributed by atoms with E-state index in [4.69, 9.17) is 9.47 Å². The molecule has 0 saturated heterocycles. The molecule has 0 aliphatic heterocycles. The number of aromatic nitrogens is 2. The molecule has 1 N–H and O–H groups in total. The molecule has 1 aliphatic rings. The highest BCUT2D eigenvalue weighted by Crippen LogP contribution is 2.23. The van der Waals surface area contributed by atoms with E-state index < -0.39 is 11.9 Å². The van der Waals surface area contributed by atoms with E-state index in [-0.39, 0.29) is 18.1 Å². The van der Waals surface area contributed by atoms with Crippen LogP contribution < -0.4 is 14.8 Å². The molecule has 1 unspecified atom stereocenters. The zero-order valence-corrected chi connectivity index (χ0v) is 14.6. The summed E-state index contributed by atoms with van der Waals surface area (Å²) >= 11 is 0. The van der Waals surface area contributed by atoms with Gasteiger partial charge in [-0.2, -0.15) is 0 Å². The summed E-state index contributed by atoms with van der Waals surface area (Å²) in [6, 6.07) is 5.86. The molecule has 1 heterocycles. The Morgan fingerprint density at radius 1 is 1.27 bits per heavy atom. The first-order chi connectivity index (χ1) is 12.6. The first-order valence-electron chi connectivity index (χ1n) is 8.75. The summed E-state index contributed by atoms with van der Waals surface area (Å²) in [5.41, 5.74) is 0. The summed E-state index contributed by atoms with van der Waals surface area (Å²) in [5.74, 6) is 0.273. The van der Waals surface area contributed by atoms with Gasteiger partial charge in [0, 0.05) is 24.5 Å². The fourth-order valence-corrected chi connectivity index (χ4v) is 2.96. The number of carbonyl (C=O) groups excluding carboxylic acids is 1. The van der Waals surface area contributed by atoms with E-state index >= 15 is 0 Å². The maximum absolute atomic E-state index is 13.2. The summed E-state index contributed by atoms with van der Waals surface area (Å²) in [7, 11) is 0. The lowest BCUT2D eigenvalue weighted by atomic mass is 9.93. The fourth-order valence-electron chi connectivity index (χ4n) is 2.96. The average molecular weight is 359 g/mol. The molecule has 2 aromatic rings. The van der Waals surface area contributed by atoms with Crippen LogP contribution in [0.1, 0.15) is 32.6 Å². The highest BCUT2D eigenvalue weighted by molar-refractivity contribution is 5.81. The van der Waals surface area contributed by atoms with Gasteiger partial charge in [0.25, 0.3) is 5.91 Å². The van der Waals surface area contributed by atoms with Crippen molar-refractivity contribution >= 4 is 5.91 Å². The molecular formula is C19H22FN3O3. The van der Waals surface area contributed by atoms with Gasteiger partial charge in [-0.15, -0.1) is 0 Å². The Hall–Kier alpha value is -2.70. The van der Waals surface area contributed by atoms with Gasteiger partial charge in [0.1, 0.15) is 17.7 Å². The quantitative estimate of drug-likeness (QED) is 0.858. The van der Waals surface area contributed by atoms with Gasteiger partial charge < -0.3 is 14.8 Å². The van der Waals surface area contributed by atoms with E-state index in [1.165, 1.54) is 12.1 Å². The number of nitrogens with one attached hydrogen (secondary N) is 1. The summed E-state index contributed by atoms with van der Waals surface area (Å²) < 4.78 is 24.5. The van der Waals surface area contributed by atoms with Crippen molar-refractivity contribution in [3.8, 4) is 11.6 Å².